The van der Waals surface area contributed by atoms with E-state index in [9.17, 15) is 13.2 Å². The molecule has 0 bridgehead atoms. The van der Waals surface area contributed by atoms with E-state index in [0.29, 0.717) is 30.0 Å². The summed E-state index contributed by atoms with van der Waals surface area (Å²) in [4.78, 5) is 12.7. The molecule has 0 heterocycles. The molecule has 0 aliphatic rings. The first-order valence-electron chi connectivity index (χ1n) is 8.36. The van der Waals surface area contributed by atoms with Crippen molar-refractivity contribution in [2.45, 2.75) is 24.2 Å². The molecule has 0 saturated heterocycles. The number of rotatable bonds is 10. The van der Waals surface area contributed by atoms with Gasteiger partial charge < -0.3 is 9.47 Å². The third kappa shape index (κ3) is 5.37. The molecule has 0 aliphatic carbocycles. The van der Waals surface area contributed by atoms with Crippen molar-refractivity contribution in [2.75, 3.05) is 24.8 Å². The van der Waals surface area contributed by atoms with Crippen molar-refractivity contribution in [3.63, 3.8) is 0 Å². The molecule has 6 nitrogen and oxygen atoms in total. The fraction of sp³-hybridized carbons (Fsp3) is 0.316. The molecule has 27 heavy (non-hydrogen) atoms. The Hall–Kier alpha value is -2.25. The summed E-state index contributed by atoms with van der Waals surface area (Å²) in [5, 5.41) is 0. The molecule has 0 aromatic heterocycles. The van der Waals surface area contributed by atoms with Crippen LogP contribution in [-0.2, 0) is 10.0 Å². The molecule has 8 heteroatoms. The topological polar surface area (TPSA) is 81.7 Å². The molecule has 2 aromatic rings. The zero-order valence-electron chi connectivity index (χ0n) is 15.2. The first kappa shape index (κ1) is 21.1. The summed E-state index contributed by atoms with van der Waals surface area (Å²) in [6.07, 6.45) is 1.65. The van der Waals surface area contributed by atoms with Crippen LogP contribution in [0.15, 0.2) is 47.4 Å². The fourth-order valence-electron chi connectivity index (χ4n) is 2.51. The predicted molar refractivity (Wildman–Crippen MR) is 106 cm³/mol. The van der Waals surface area contributed by atoms with Crippen LogP contribution in [0, 0.1) is 0 Å². The van der Waals surface area contributed by atoms with Crippen LogP contribution in [0.5, 0.6) is 11.5 Å². The molecule has 0 saturated carbocycles. The molecular formula is C19H22ClNO5S. The number of ketones is 1. The maximum atomic E-state index is 12.6. The average Bonchev–Trinajstić information content (AvgIpc) is 2.68. The van der Waals surface area contributed by atoms with Gasteiger partial charge in [-0.1, -0.05) is 18.2 Å². The van der Waals surface area contributed by atoms with Crippen molar-refractivity contribution >= 4 is 33.1 Å². The molecule has 0 amide bonds. The number of carbonyl (C=O) groups is 1. The highest BCUT2D eigenvalue weighted by Crippen LogP contribution is 2.35. The summed E-state index contributed by atoms with van der Waals surface area (Å²) in [6, 6.07) is 10.9. The summed E-state index contributed by atoms with van der Waals surface area (Å²) in [5.41, 5.74) is 0.460. The maximum Gasteiger partial charge on any atom is 0.262 e. The lowest BCUT2D eigenvalue weighted by molar-refractivity contribution is 0.0977. The highest BCUT2D eigenvalue weighted by molar-refractivity contribution is 7.92. The number of hydrogen-bond donors (Lipinski definition) is 1. The smallest absolute Gasteiger partial charge is 0.262 e. The molecule has 0 spiro atoms. The van der Waals surface area contributed by atoms with Gasteiger partial charge in [-0.15, -0.1) is 11.6 Å². The van der Waals surface area contributed by atoms with Gasteiger partial charge in [-0.3, -0.25) is 9.52 Å². The lowest BCUT2D eigenvalue weighted by atomic mass is 10.0. The van der Waals surface area contributed by atoms with Crippen LogP contribution in [0.1, 0.15) is 29.6 Å². The Balaban J connectivity index is 2.40. The highest BCUT2D eigenvalue weighted by Gasteiger charge is 2.21. The third-order valence-corrected chi connectivity index (χ3v) is 5.56. The molecule has 0 atom stereocenters. The Labute approximate surface area is 164 Å². The van der Waals surface area contributed by atoms with Crippen molar-refractivity contribution in [1.82, 2.24) is 0 Å². The Morgan fingerprint density at radius 1 is 1.04 bits per heavy atom. The Kier molecular flexibility index (Phi) is 7.50. The second-order valence-electron chi connectivity index (χ2n) is 5.74. The molecule has 1 N–H and O–H groups in total. The molecular weight excluding hydrogens is 390 g/mol. The second kappa shape index (κ2) is 9.62. The number of anilines is 1. The molecule has 2 rings (SSSR count). The van der Waals surface area contributed by atoms with Gasteiger partial charge in [0.1, 0.15) is 11.5 Å². The number of carbonyl (C=O) groups excluding carboxylic acids is 1. The third-order valence-electron chi connectivity index (χ3n) is 3.91. The number of ether oxygens (including phenoxy) is 2. The lowest BCUT2D eigenvalue weighted by Crippen LogP contribution is -2.14. The molecule has 0 fully saturated rings. The highest BCUT2D eigenvalue weighted by atomic mass is 35.5. The zero-order valence-corrected chi connectivity index (χ0v) is 16.8. The van der Waals surface area contributed by atoms with E-state index < -0.39 is 10.0 Å². The van der Waals surface area contributed by atoms with Crippen molar-refractivity contribution in [3.05, 3.63) is 48.0 Å². The van der Waals surface area contributed by atoms with Gasteiger partial charge in [0, 0.05) is 18.4 Å². The quantitative estimate of drug-likeness (QED) is 0.361. The van der Waals surface area contributed by atoms with Crippen LogP contribution >= 0.6 is 11.6 Å². The minimum Gasteiger partial charge on any atom is -0.496 e. The van der Waals surface area contributed by atoms with Crippen molar-refractivity contribution in [1.29, 1.82) is 0 Å². The monoisotopic (exact) mass is 411 g/mol. The van der Waals surface area contributed by atoms with Crippen LogP contribution in [0.25, 0.3) is 0 Å². The summed E-state index contributed by atoms with van der Waals surface area (Å²) < 4.78 is 38.3. The zero-order chi connectivity index (χ0) is 19.9. The number of nitrogens with one attached hydrogen (secondary N) is 1. The van der Waals surface area contributed by atoms with E-state index in [1.807, 2.05) is 0 Å². The van der Waals surface area contributed by atoms with Crippen LogP contribution in [-0.4, -0.2) is 34.3 Å². The second-order valence-corrected chi connectivity index (χ2v) is 7.80. The number of halogens is 1. The van der Waals surface area contributed by atoms with Crippen LogP contribution in [0.2, 0.25) is 0 Å². The summed E-state index contributed by atoms with van der Waals surface area (Å²) in [6.45, 7) is 0. The standard InChI is InChI=1S/C19H22ClNO5S/c1-25-18-13-19(26-2)16(12-15(18)17(22)10-6-7-11-20)21-27(23,24)14-8-4-3-5-9-14/h3-5,8-9,12-13,21H,6-7,10-11H2,1-2H3. The van der Waals surface area contributed by atoms with E-state index >= 15 is 0 Å². The minimum absolute atomic E-state index is 0.109. The lowest BCUT2D eigenvalue weighted by Gasteiger charge is -2.16. The van der Waals surface area contributed by atoms with Crippen molar-refractivity contribution in [2.24, 2.45) is 0 Å². The molecule has 0 radical (unpaired) electrons. The van der Waals surface area contributed by atoms with E-state index in [0.717, 1.165) is 6.42 Å². The van der Waals surface area contributed by atoms with Gasteiger partial charge in [-0.25, -0.2) is 8.42 Å². The number of Topliss-reactive ketones (excluding diaryl/α,β-unsaturated/α-hetero) is 1. The van der Waals surface area contributed by atoms with E-state index in [-0.39, 0.29) is 22.1 Å². The van der Waals surface area contributed by atoms with E-state index in [2.05, 4.69) is 4.72 Å². The van der Waals surface area contributed by atoms with Gasteiger partial charge in [-0.2, -0.15) is 0 Å². The van der Waals surface area contributed by atoms with Crippen molar-refractivity contribution in [3.8, 4) is 11.5 Å². The van der Waals surface area contributed by atoms with Gasteiger partial charge >= 0.3 is 0 Å². The Morgan fingerprint density at radius 2 is 1.70 bits per heavy atom. The van der Waals surface area contributed by atoms with E-state index in [1.54, 1.807) is 18.2 Å². The van der Waals surface area contributed by atoms with Gasteiger partial charge in [0.05, 0.1) is 30.4 Å². The molecule has 2 aromatic carbocycles. The van der Waals surface area contributed by atoms with Gasteiger partial charge in [0.15, 0.2) is 5.78 Å². The SMILES string of the molecule is COc1cc(OC)c(C(=O)CCCCCl)cc1NS(=O)(=O)c1ccccc1. The summed E-state index contributed by atoms with van der Waals surface area (Å²) in [7, 11) is -0.972. The summed E-state index contributed by atoms with van der Waals surface area (Å²) >= 11 is 5.66. The maximum absolute atomic E-state index is 12.6. The van der Waals surface area contributed by atoms with Gasteiger partial charge in [-0.05, 0) is 31.0 Å². The summed E-state index contributed by atoms with van der Waals surface area (Å²) in [5.74, 6) is 0.906. The van der Waals surface area contributed by atoms with E-state index in [1.165, 1.54) is 38.5 Å². The van der Waals surface area contributed by atoms with E-state index in [4.69, 9.17) is 21.1 Å². The number of hydrogen-bond acceptors (Lipinski definition) is 5. The minimum atomic E-state index is -3.83. The number of benzene rings is 2. The van der Waals surface area contributed by atoms with Crippen LogP contribution < -0.4 is 14.2 Å². The Morgan fingerprint density at radius 3 is 2.30 bits per heavy atom. The largest absolute Gasteiger partial charge is 0.496 e. The van der Waals surface area contributed by atoms with Gasteiger partial charge in [0.25, 0.3) is 10.0 Å². The van der Waals surface area contributed by atoms with Crippen LogP contribution in [0.3, 0.4) is 0 Å². The first-order valence-corrected chi connectivity index (χ1v) is 10.4. The number of unbranched alkanes of at least 4 members (excludes halogenated alkanes) is 1. The molecule has 0 unspecified atom stereocenters. The fourth-order valence-corrected chi connectivity index (χ4v) is 3.79. The Bertz CT molecular complexity index is 884. The molecule has 0 aliphatic heterocycles. The number of sulfonamides is 1. The number of methoxy groups -OCH3 is 2. The first-order chi connectivity index (χ1) is 12.9. The van der Waals surface area contributed by atoms with Crippen molar-refractivity contribution < 1.29 is 22.7 Å². The number of alkyl halides is 1. The normalized spacial score (nSPS) is 11.1. The molecule has 146 valence electrons. The van der Waals surface area contributed by atoms with Gasteiger partial charge in [0.2, 0.25) is 0 Å². The average molecular weight is 412 g/mol. The predicted octanol–water partition coefficient (Wildman–Crippen LogP) is 4.10. The van der Waals surface area contributed by atoms with Crippen LogP contribution in [0.4, 0.5) is 5.69 Å².